The van der Waals surface area contributed by atoms with Gasteiger partial charge in [0.25, 0.3) is 0 Å². The summed E-state index contributed by atoms with van der Waals surface area (Å²) >= 11 is 12.1. The van der Waals surface area contributed by atoms with Crippen molar-refractivity contribution in [2.45, 2.75) is 19.1 Å². The summed E-state index contributed by atoms with van der Waals surface area (Å²) in [4.78, 5) is 15.9. The zero-order valence-electron chi connectivity index (χ0n) is 13.5. The van der Waals surface area contributed by atoms with Crippen LogP contribution in [0.2, 0.25) is 10.0 Å². The summed E-state index contributed by atoms with van der Waals surface area (Å²) in [5, 5.41) is 8.06. The summed E-state index contributed by atoms with van der Waals surface area (Å²) in [6.45, 7) is 0.342. The molecule has 1 atom stereocenters. The minimum atomic E-state index is -0.180. The molecule has 0 bridgehead atoms. The van der Waals surface area contributed by atoms with Crippen molar-refractivity contribution in [1.29, 1.82) is 0 Å². The summed E-state index contributed by atoms with van der Waals surface area (Å²) in [6.07, 6.45) is 1.75. The van der Waals surface area contributed by atoms with Crippen LogP contribution in [-0.2, 0) is 11.4 Å². The number of anilines is 1. The van der Waals surface area contributed by atoms with Crippen LogP contribution in [0.15, 0.2) is 48.8 Å². The van der Waals surface area contributed by atoms with Crippen LogP contribution in [0.1, 0.15) is 23.6 Å². The van der Waals surface area contributed by atoms with Crippen molar-refractivity contribution >= 4 is 35.1 Å². The van der Waals surface area contributed by atoms with Gasteiger partial charge in [-0.15, -0.1) is 0 Å². The Bertz CT molecular complexity index is 956. The van der Waals surface area contributed by atoms with Crippen LogP contribution in [0.25, 0.3) is 0 Å². The van der Waals surface area contributed by atoms with E-state index in [-0.39, 0.29) is 11.9 Å². The third-order valence-electron chi connectivity index (χ3n) is 4.17. The predicted molar refractivity (Wildman–Crippen MR) is 98.6 cm³/mol. The van der Waals surface area contributed by atoms with Gasteiger partial charge in [-0.05, 0) is 29.8 Å². The van der Waals surface area contributed by atoms with Gasteiger partial charge in [-0.25, -0.2) is 4.68 Å². The zero-order valence-corrected chi connectivity index (χ0v) is 15.0. The Labute approximate surface area is 159 Å². The Hall–Kier alpha value is -2.57. The van der Waals surface area contributed by atoms with Gasteiger partial charge in [0.05, 0.1) is 12.5 Å². The Morgan fingerprint density at radius 1 is 1.19 bits per heavy atom. The highest BCUT2D eigenvalue weighted by atomic mass is 35.5. The fourth-order valence-electron chi connectivity index (χ4n) is 2.85. The number of nitrogens with one attached hydrogen (secondary N) is 1. The Balaban J connectivity index is 1.48. The number of amides is 1. The number of ether oxygens (including phenoxy) is 1. The van der Waals surface area contributed by atoms with Crippen molar-refractivity contribution in [2.75, 3.05) is 5.32 Å². The summed E-state index contributed by atoms with van der Waals surface area (Å²) in [6, 6.07) is 12.7. The van der Waals surface area contributed by atoms with E-state index < -0.39 is 0 Å². The quantitative estimate of drug-likeness (QED) is 0.730. The number of aromatic nitrogens is 3. The first-order valence-corrected chi connectivity index (χ1v) is 8.72. The van der Waals surface area contributed by atoms with Gasteiger partial charge in [-0.2, -0.15) is 10.1 Å². The average Bonchev–Trinajstić information content (AvgIpc) is 3.09. The van der Waals surface area contributed by atoms with Crippen LogP contribution in [0.4, 0.5) is 5.95 Å². The molecule has 26 heavy (non-hydrogen) atoms. The van der Waals surface area contributed by atoms with Crippen molar-refractivity contribution in [3.8, 4) is 5.75 Å². The third-order valence-corrected chi connectivity index (χ3v) is 4.76. The smallest absolute Gasteiger partial charge is 0.229 e. The van der Waals surface area contributed by atoms with Gasteiger partial charge in [-0.1, -0.05) is 41.4 Å². The number of hydrogen-bond donors (Lipinski definition) is 1. The van der Waals surface area contributed by atoms with Gasteiger partial charge in [0, 0.05) is 15.6 Å². The molecule has 1 aromatic heterocycles. The minimum Gasteiger partial charge on any atom is -0.489 e. The van der Waals surface area contributed by atoms with E-state index in [0.717, 1.165) is 11.1 Å². The molecule has 1 aliphatic rings. The summed E-state index contributed by atoms with van der Waals surface area (Å²) < 4.78 is 7.50. The second-order valence-corrected chi connectivity index (χ2v) is 6.73. The maximum atomic E-state index is 11.9. The van der Waals surface area contributed by atoms with E-state index in [1.54, 1.807) is 16.8 Å². The Morgan fingerprint density at radius 2 is 2.00 bits per heavy atom. The largest absolute Gasteiger partial charge is 0.489 e. The molecule has 0 saturated carbocycles. The molecule has 2 heterocycles. The standard InChI is InChI=1S/C18H14Cl2N4O2/c19-13-4-1-12(15(20)7-13)9-26-14-5-2-11(3-6-14)16-8-17(25)23-18-21-10-22-24(16)18/h1-7,10,16H,8-9H2,(H,21,22,23,25)/t16-/m0/s1. The Kier molecular flexibility index (Phi) is 4.53. The van der Waals surface area contributed by atoms with E-state index >= 15 is 0 Å². The first-order chi connectivity index (χ1) is 12.6. The molecule has 4 rings (SSSR count). The molecule has 2 aromatic carbocycles. The monoisotopic (exact) mass is 388 g/mol. The number of rotatable bonds is 4. The van der Waals surface area contributed by atoms with Crippen molar-refractivity contribution < 1.29 is 9.53 Å². The molecule has 6 nitrogen and oxygen atoms in total. The molecule has 0 unspecified atom stereocenters. The van der Waals surface area contributed by atoms with Crippen LogP contribution < -0.4 is 10.1 Å². The minimum absolute atomic E-state index is 0.0757. The molecular weight excluding hydrogens is 375 g/mol. The molecule has 8 heteroatoms. The fourth-order valence-corrected chi connectivity index (χ4v) is 3.31. The summed E-state index contributed by atoms with van der Waals surface area (Å²) in [5.74, 6) is 1.09. The molecule has 0 fully saturated rings. The van der Waals surface area contributed by atoms with Crippen LogP contribution >= 0.6 is 23.2 Å². The van der Waals surface area contributed by atoms with E-state index in [9.17, 15) is 4.79 Å². The van der Waals surface area contributed by atoms with Crippen molar-refractivity contribution in [3.05, 3.63) is 70.0 Å². The lowest BCUT2D eigenvalue weighted by molar-refractivity contribution is -0.117. The topological polar surface area (TPSA) is 69.0 Å². The van der Waals surface area contributed by atoms with Crippen molar-refractivity contribution in [2.24, 2.45) is 0 Å². The molecule has 132 valence electrons. The van der Waals surface area contributed by atoms with E-state index in [2.05, 4.69) is 15.4 Å². The lowest BCUT2D eigenvalue weighted by atomic mass is 10.0. The normalized spacial score (nSPS) is 16.1. The number of fused-ring (bicyclic) bond motifs is 1. The highest BCUT2D eigenvalue weighted by Gasteiger charge is 2.27. The molecule has 1 aliphatic heterocycles. The molecule has 0 radical (unpaired) electrons. The van der Waals surface area contributed by atoms with Crippen LogP contribution in [-0.4, -0.2) is 20.7 Å². The number of nitrogens with zero attached hydrogens (tertiary/aromatic N) is 3. The SMILES string of the molecule is O=C1C[C@@H](c2ccc(OCc3ccc(Cl)cc3Cl)cc2)n2ncnc2N1. The third kappa shape index (κ3) is 3.38. The number of benzene rings is 2. The van der Waals surface area contributed by atoms with Crippen LogP contribution in [0, 0.1) is 0 Å². The van der Waals surface area contributed by atoms with E-state index in [4.69, 9.17) is 27.9 Å². The molecule has 0 aliphatic carbocycles. The lowest BCUT2D eigenvalue weighted by Crippen LogP contribution is -2.29. The molecule has 0 spiro atoms. The fraction of sp³-hybridized carbons (Fsp3) is 0.167. The maximum absolute atomic E-state index is 11.9. The first-order valence-electron chi connectivity index (χ1n) is 7.96. The van der Waals surface area contributed by atoms with E-state index in [0.29, 0.717) is 34.8 Å². The van der Waals surface area contributed by atoms with Gasteiger partial charge in [0.2, 0.25) is 11.9 Å². The van der Waals surface area contributed by atoms with Gasteiger partial charge in [0.1, 0.15) is 18.7 Å². The molecule has 1 N–H and O–H groups in total. The summed E-state index contributed by atoms with van der Waals surface area (Å²) in [5.41, 5.74) is 1.82. The average molecular weight is 389 g/mol. The molecule has 3 aromatic rings. The predicted octanol–water partition coefficient (Wildman–Crippen LogP) is 4.10. The summed E-state index contributed by atoms with van der Waals surface area (Å²) in [7, 11) is 0. The number of carbonyl (C=O) groups is 1. The molecule has 0 saturated heterocycles. The number of halogens is 2. The number of carbonyl (C=O) groups excluding carboxylic acids is 1. The highest BCUT2D eigenvalue weighted by Crippen LogP contribution is 2.29. The van der Waals surface area contributed by atoms with Gasteiger partial charge in [-0.3, -0.25) is 10.1 Å². The van der Waals surface area contributed by atoms with Crippen molar-refractivity contribution in [1.82, 2.24) is 14.8 Å². The second kappa shape index (κ2) is 6.97. The highest BCUT2D eigenvalue weighted by molar-refractivity contribution is 6.35. The van der Waals surface area contributed by atoms with Crippen molar-refractivity contribution in [3.63, 3.8) is 0 Å². The van der Waals surface area contributed by atoms with E-state index in [1.807, 2.05) is 30.3 Å². The first kappa shape index (κ1) is 16.9. The maximum Gasteiger partial charge on any atom is 0.229 e. The molecule has 1 amide bonds. The van der Waals surface area contributed by atoms with Gasteiger partial charge >= 0.3 is 0 Å². The van der Waals surface area contributed by atoms with E-state index in [1.165, 1.54) is 6.33 Å². The molecular formula is C18H14Cl2N4O2. The second-order valence-electron chi connectivity index (χ2n) is 5.89. The number of hydrogen-bond acceptors (Lipinski definition) is 4. The van der Waals surface area contributed by atoms with Gasteiger partial charge in [0.15, 0.2) is 0 Å². The zero-order chi connectivity index (χ0) is 18.1. The lowest BCUT2D eigenvalue weighted by Gasteiger charge is -2.23. The van der Waals surface area contributed by atoms with Gasteiger partial charge < -0.3 is 4.74 Å². The van der Waals surface area contributed by atoms with Crippen LogP contribution in [0.5, 0.6) is 5.75 Å². The van der Waals surface area contributed by atoms with Crippen LogP contribution in [0.3, 0.4) is 0 Å². The Morgan fingerprint density at radius 3 is 2.77 bits per heavy atom.